The molecule has 0 N–H and O–H groups in total. The van der Waals surface area contributed by atoms with E-state index in [0.29, 0.717) is 11.8 Å². The lowest BCUT2D eigenvalue weighted by molar-refractivity contribution is -0.104. The van der Waals surface area contributed by atoms with Gasteiger partial charge in [0.15, 0.2) is 5.78 Å². The average molecular weight is 328 g/mol. The van der Waals surface area contributed by atoms with Crippen LogP contribution in [0.5, 0.6) is 0 Å². The largest absolute Gasteiger partial charge is 0.299 e. The number of benzene rings is 1. The molecule has 0 fully saturated rings. The van der Waals surface area contributed by atoms with E-state index in [2.05, 4.69) is 6.92 Å². The molecule has 1 aromatic rings. The lowest BCUT2D eigenvalue weighted by Gasteiger charge is -2.04. The quantitative estimate of drug-likeness (QED) is 0.179. The third kappa shape index (κ3) is 9.44. The summed E-state index contributed by atoms with van der Waals surface area (Å²) < 4.78 is 0. The van der Waals surface area contributed by atoms with Crippen molar-refractivity contribution in [2.75, 3.05) is 0 Å². The van der Waals surface area contributed by atoms with Crippen molar-refractivity contribution < 1.29 is 9.59 Å². The molecule has 0 heterocycles. The van der Waals surface area contributed by atoms with Gasteiger partial charge in [0.25, 0.3) is 0 Å². The van der Waals surface area contributed by atoms with Crippen LogP contribution in [0, 0.1) is 0 Å². The topological polar surface area (TPSA) is 34.1 Å². The van der Waals surface area contributed by atoms with Gasteiger partial charge in [-0.3, -0.25) is 9.59 Å². The molecule has 0 amide bonds. The van der Waals surface area contributed by atoms with E-state index >= 15 is 0 Å². The Labute approximate surface area is 147 Å². The summed E-state index contributed by atoms with van der Waals surface area (Å²) in [6.07, 6.45) is 17.7. The number of carbonyl (C=O) groups excluding carboxylic acids is 2. The van der Waals surface area contributed by atoms with Crippen molar-refractivity contribution in [1.82, 2.24) is 0 Å². The summed E-state index contributed by atoms with van der Waals surface area (Å²) in [5.41, 5.74) is 1.92. The molecule has 0 saturated carbocycles. The first-order chi connectivity index (χ1) is 11.8. The lowest BCUT2D eigenvalue weighted by atomic mass is 10.0. The number of rotatable bonds is 14. The number of carbonyl (C=O) groups is 2. The van der Waals surface area contributed by atoms with E-state index in [1.54, 1.807) is 0 Å². The van der Waals surface area contributed by atoms with Crippen molar-refractivity contribution in [3.63, 3.8) is 0 Å². The molecule has 0 unspecified atom stereocenters. The molecule has 0 saturated heterocycles. The second-order valence-electron chi connectivity index (χ2n) is 6.49. The highest BCUT2D eigenvalue weighted by atomic mass is 16.1. The average Bonchev–Trinajstić information content (AvgIpc) is 2.61. The minimum atomic E-state index is -0.118. The Morgan fingerprint density at radius 2 is 1.38 bits per heavy atom. The lowest BCUT2D eigenvalue weighted by Crippen LogP contribution is -1.95. The molecule has 2 nitrogen and oxygen atoms in total. The molecule has 0 atom stereocenters. The smallest absolute Gasteiger partial charge is 0.185 e. The van der Waals surface area contributed by atoms with Crippen LogP contribution in [0.1, 0.15) is 87.1 Å². The zero-order valence-corrected chi connectivity index (χ0v) is 15.1. The third-order valence-corrected chi connectivity index (χ3v) is 4.38. The van der Waals surface area contributed by atoms with Gasteiger partial charge in [0, 0.05) is 5.56 Å². The monoisotopic (exact) mass is 328 g/mol. The number of aryl methyl sites for hydroxylation is 1. The Hall–Kier alpha value is -1.70. The molecule has 0 radical (unpaired) electrons. The first kappa shape index (κ1) is 20.3. The number of hydrogen-bond donors (Lipinski definition) is 0. The maximum Gasteiger partial charge on any atom is 0.185 e. The Morgan fingerprint density at radius 1 is 0.833 bits per heavy atom. The Balaban J connectivity index is 2.10. The van der Waals surface area contributed by atoms with Crippen molar-refractivity contribution in [2.45, 2.75) is 77.6 Å². The van der Waals surface area contributed by atoms with E-state index in [0.717, 1.165) is 6.42 Å². The van der Waals surface area contributed by atoms with Gasteiger partial charge in [-0.2, -0.15) is 0 Å². The Morgan fingerprint density at radius 3 is 1.92 bits per heavy atom. The summed E-state index contributed by atoms with van der Waals surface area (Å²) in [5, 5.41) is 0. The van der Waals surface area contributed by atoms with Gasteiger partial charge in [-0.1, -0.05) is 89.0 Å². The second kappa shape index (κ2) is 13.7. The molecule has 0 aromatic heterocycles. The van der Waals surface area contributed by atoms with Crippen LogP contribution >= 0.6 is 0 Å². The summed E-state index contributed by atoms with van der Waals surface area (Å²) in [6.45, 7) is 2.26. The van der Waals surface area contributed by atoms with Gasteiger partial charge in [-0.25, -0.2) is 0 Å². The minimum Gasteiger partial charge on any atom is -0.299 e. The highest BCUT2D eigenvalue weighted by molar-refractivity contribution is 6.05. The maximum atomic E-state index is 11.7. The van der Waals surface area contributed by atoms with Crippen LogP contribution in [0.15, 0.2) is 36.4 Å². The minimum absolute atomic E-state index is 0.118. The first-order valence-electron chi connectivity index (χ1n) is 9.53. The SMILES string of the molecule is CCCCCCCCCCCCc1ccc(C(=O)C=CC=O)cc1. The van der Waals surface area contributed by atoms with Crippen LogP contribution in [0.3, 0.4) is 0 Å². The number of hydrogen-bond acceptors (Lipinski definition) is 2. The van der Waals surface area contributed by atoms with E-state index in [9.17, 15) is 9.59 Å². The zero-order valence-electron chi connectivity index (χ0n) is 15.1. The van der Waals surface area contributed by atoms with Gasteiger partial charge in [0.2, 0.25) is 0 Å². The fraction of sp³-hybridized carbons (Fsp3) is 0.545. The van der Waals surface area contributed by atoms with E-state index in [1.807, 2.05) is 24.3 Å². The number of allylic oxidation sites excluding steroid dienone is 2. The number of ketones is 1. The van der Waals surface area contributed by atoms with E-state index in [1.165, 1.54) is 81.9 Å². The van der Waals surface area contributed by atoms with Gasteiger partial charge in [-0.15, -0.1) is 0 Å². The first-order valence-corrected chi connectivity index (χ1v) is 9.53. The fourth-order valence-electron chi connectivity index (χ4n) is 2.88. The van der Waals surface area contributed by atoms with Gasteiger partial charge in [0.05, 0.1) is 0 Å². The molecule has 0 bridgehead atoms. The zero-order chi connectivity index (χ0) is 17.5. The molecule has 0 aliphatic carbocycles. The van der Waals surface area contributed by atoms with Crippen molar-refractivity contribution >= 4 is 12.1 Å². The normalized spacial score (nSPS) is 11.0. The van der Waals surface area contributed by atoms with Crippen LogP contribution in [-0.4, -0.2) is 12.1 Å². The number of aldehydes is 1. The molecule has 0 spiro atoms. The highest BCUT2D eigenvalue weighted by Crippen LogP contribution is 2.13. The maximum absolute atomic E-state index is 11.7. The third-order valence-electron chi connectivity index (χ3n) is 4.38. The van der Waals surface area contributed by atoms with Gasteiger partial charge >= 0.3 is 0 Å². The summed E-state index contributed by atoms with van der Waals surface area (Å²) in [6, 6.07) is 7.75. The molecule has 2 heteroatoms. The fourth-order valence-corrected chi connectivity index (χ4v) is 2.88. The van der Waals surface area contributed by atoms with Crippen LogP contribution in [0.25, 0.3) is 0 Å². The highest BCUT2D eigenvalue weighted by Gasteiger charge is 2.01. The Bertz CT molecular complexity index is 485. The van der Waals surface area contributed by atoms with Crippen molar-refractivity contribution in [3.05, 3.63) is 47.5 Å². The van der Waals surface area contributed by atoms with Gasteiger partial charge in [0.1, 0.15) is 6.29 Å². The molecular weight excluding hydrogens is 296 g/mol. The Kier molecular flexibility index (Phi) is 11.6. The standard InChI is InChI=1S/C22H32O2/c1-2-3-4-5-6-7-8-9-10-11-13-20-15-17-21(18-16-20)22(24)14-12-19-23/h12,14-19H,2-11,13H2,1H3. The van der Waals surface area contributed by atoms with Crippen LogP contribution in [0.4, 0.5) is 0 Å². The summed E-state index contributed by atoms with van der Waals surface area (Å²) >= 11 is 0. The van der Waals surface area contributed by atoms with Crippen molar-refractivity contribution in [1.29, 1.82) is 0 Å². The number of unbranched alkanes of at least 4 members (excludes halogenated alkanes) is 9. The molecule has 24 heavy (non-hydrogen) atoms. The van der Waals surface area contributed by atoms with Gasteiger partial charge in [-0.05, 0) is 30.6 Å². The summed E-state index contributed by atoms with van der Waals surface area (Å²) in [4.78, 5) is 21.9. The van der Waals surface area contributed by atoms with E-state index < -0.39 is 0 Å². The summed E-state index contributed by atoms with van der Waals surface area (Å²) in [7, 11) is 0. The van der Waals surface area contributed by atoms with Crippen LogP contribution in [-0.2, 0) is 11.2 Å². The predicted octanol–water partition coefficient (Wildman–Crippen LogP) is 6.09. The summed E-state index contributed by atoms with van der Waals surface area (Å²) in [5.74, 6) is -0.118. The van der Waals surface area contributed by atoms with E-state index in [4.69, 9.17) is 0 Å². The van der Waals surface area contributed by atoms with Crippen LogP contribution < -0.4 is 0 Å². The van der Waals surface area contributed by atoms with E-state index in [-0.39, 0.29) is 5.78 Å². The van der Waals surface area contributed by atoms with Crippen LogP contribution in [0.2, 0.25) is 0 Å². The van der Waals surface area contributed by atoms with Gasteiger partial charge < -0.3 is 0 Å². The molecule has 0 aliphatic heterocycles. The van der Waals surface area contributed by atoms with Crippen molar-refractivity contribution in [3.8, 4) is 0 Å². The molecule has 132 valence electrons. The molecular formula is C22H32O2. The predicted molar refractivity (Wildman–Crippen MR) is 102 cm³/mol. The molecule has 1 aromatic carbocycles. The van der Waals surface area contributed by atoms with Crippen molar-refractivity contribution in [2.24, 2.45) is 0 Å². The second-order valence-corrected chi connectivity index (χ2v) is 6.49. The molecule has 1 rings (SSSR count). The molecule has 0 aliphatic rings.